The molecule has 0 aliphatic carbocycles. The summed E-state index contributed by atoms with van der Waals surface area (Å²) in [6.45, 7) is 4.02. The molecule has 6 heteroatoms. The molecule has 1 atom stereocenters. The highest BCUT2D eigenvalue weighted by molar-refractivity contribution is 5.70. The maximum absolute atomic E-state index is 11.3. The molecule has 1 aromatic carbocycles. The molecule has 0 saturated carbocycles. The average molecular weight is 274 g/mol. The van der Waals surface area contributed by atoms with Gasteiger partial charge in [0.15, 0.2) is 5.82 Å². The highest BCUT2D eigenvalue weighted by Crippen LogP contribution is 2.18. The second-order valence-corrected chi connectivity index (χ2v) is 5.21. The van der Waals surface area contributed by atoms with E-state index in [0.29, 0.717) is 24.6 Å². The van der Waals surface area contributed by atoms with Gasteiger partial charge in [0.1, 0.15) is 0 Å². The highest BCUT2D eigenvalue weighted by atomic mass is 16.4. The van der Waals surface area contributed by atoms with Crippen molar-refractivity contribution in [3.63, 3.8) is 0 Å². The molecular formula is C14H18N4O2. The number of nitrogens with zero attached hydrogens (tertiary/aromatic N) is 4. The number of aliphatic carboxylic acids is 1. The van der Waals surface area contributed by atoms with Gasteiger partial charge in [0.2, 0.25) is 0 Å². The van der Waals surface area contributed by atoms with E-state index in [0.717, 1.165) is 5.69 Å². The third-order valence-corrected chi connectivity index (χ3v) is 3.07. The molecule has 0 aliphatic rings. The zero-order valence-electron chi connectivity index (χ0n) is 11.6. The van der Waals surface area contributed by atoms with Crippen molar-refractivity contribution in [3.05, 3.63) is 36.2 Å². The minimum atomic E-state index is -0.804. The van der Waals surface area contributed by atoms with Crippen LogP contribution in [-0.2, 0) is 11.2 Å². The van der Waals surface area contributed by atoms with E-state index in [1.54, 1.807) is 4.68 Å². The van der Waals surface area contributed by atoms with Gasteiger partial charge in [-0.05, 0) is 34.9 Å². The summed E-state index contributed by atoms with van der Waals surface area (Å²) in [5.74, 6) is -0.383. The van der Waals surface area contributed by atoms with Crippen LogP contribution in [-0.4, -0.2) is 31.3 Å². The van der Waals surface area contributed by atoms with Crippen LogP contribution in [0.4, 0.5) is 0 Å². The number of tetrazole rings is 1. The molecule has 0 radical (unpaired) electrons. The van der Waals surface area contributed by atoms with E-state index in [4.69, 9.17) is 0 Å². The quantitative estimate of drug-likeness (QED) is 0.870. The molecule has 0 amide bonds. The summed E-state index contributed by atoms with van der Waals surface area (Å²) in [6.07, 6.45) is 0.937. The number of carbonyl (C=O) groups is 1. The lowest BCUT2D eigenvalue weighted by atomic mass is 9.94. The molecule has 1 aromatic heterocycles. The van der Waals surface area contributed by atoms with Gasteiger partial charge in [0, 0.05) is 6.42 Å². The van der Waals surface area contributed by atoms with Crippen LogP contribution in [0.2, 0.25) is 0 Å². The molecule has 0 fully saturated rings. The molecule has 106 valence electrons. The second kappa shape index (κ2) is 6.27. The predicted molar refractivity (Wildman–Crippen MR) is 73.4 cm³/mol. The average Bonchev–Trinajstić information content (AvgIpc) is 2.86. The number of hydrogen-bond acceptors (Lipinski definition) is 4. The first kappa shape index (κ1) is 14.2. The maximum Gasteiger partial charge on any atom is 0.306 e. The smallest absolute Gasteiger partial charge is 0.306 e. The molecule has 0 saturated heterocycles. The summed E-state index contributed by atoms with van der Waals surface area (Å²) >= 11 is 0. The molecule has 0 bridgehead atoms. The van der Waals surface area contributed by atoms with Crippen molar-refractivity contribution in [2.24, 2.45) is 11.8 Å². The van der Waals surface area contributed by atoms with Crippen molar-refractivity contribution in [2.75, 3.05) is 0 Å². The van der Waals surface area contributed by atoms with Gasteiger partial charge in [0.25, 0.3) is 0 Å². The minimum Gasteiger partial charge on any atom is -0.481 e. The largest absolute Gasteiger partial charge is 0.481 e. The van der Waals surface area contributed by atoms with Crippen LogP contribution in [0, 0.1) is 11.8 Å². The maximum atomic E-state index is 11.3. The Hall–Kier alpha value is -2.24. The fourth-order valence-corrected chi connectivity index (χ4v) is 2.16. The minimum absolute atomic E-state index is 0.317. The summed E-state index contributed by atoms with van der Waals surface area (Å²) in [7, 11) is 0. The lowest BCUT2D eigenvalue weighted by Gasteiger charge is -2.14. The second-order valence-electron chi connectivity index (χ2n) is 5.21. The van der Waals surface area contributed by atoms with E-state index in [9.17, 15) is 9.90 Å². The van der Waals surface area contributed by atoms with Crippen molar-refractivity contribution >= 4 is 5.97 Å². The van der Waals surface area contributed by atoms with Crippen LogP contribution in [0.3, 0.4) is 0 Å². The van der Waals surface area contributed by atoms with Crippen molar-refractivity contribution in [1.82, 2.24) is 20.2 Å². The first-order valence-corrected chi connectivity index (χ1v) is 6.63. The van der Waals surface area contributed by atoms with Crippen LogP contribution in [0.5, 0.6) is 0 Å². The molecular weight excluding hydrogens is 256 g/mol. The van der Waals surface area contributed by atoms with Crippen LogP contribution in [0.15, 0.2) is 30.3 Å². The number of hydrogen-bond donors (Lipinski definition) is 1. The molecule has 0 aliphatic heterocycles. The Labute approximate surface area is 117 Å². The summed E-state index contributed by atoms with van der Waals surface area (Å²) in [6, 6.07) is 9.47. The standard InChI is InChI=1S/C14H18N4O2/c1-10(2)8-11(14(19)20)9-13-15-16-17-18(13)12-6-4-3-5-7-12/h3-7,10-11H,8-9H2,1-2H3,(H,19,20). The number of rotatable bonds is 6. The zero-order chi connectivity index (χ0) is 14.5. The fourth-order valence-electron chi connectivity index (χ4n) is 2.16. The van der Waals surface area contributed by atoms with E-state index >= 15 is 0 Å². The summed E-state index contributed by atoms with van der Waals surface area (Å²) in [4.78, 5) is 11.3. The first-order valence-electron chi connectivity index (χ1n) is 6.63. The van der Waals surface area contributed by atoms with Crippen molar-refractivity contribution < 1.29 is 9.90 Å². The molecule has 1 unspecified atom stereocenters. The Bertz CT molecular complexity index is 566. The summed E-state index contributed by atoms with van der Waals surface area (Å²) < 4.78 is 1.59. The molecule has 2 rings (SSSR count). The van der Waals surface area contributed by atoms with E-state index < -0.39 is 11.9 Å². The van der Waals surface area contributed by atoms with Gasteiger partial charge < -0.3 is 5.11 Å². The van der Waals surface area contributed by atoms with E-state index in [1.807, 2.05) is 44.2 Å². The highest BCUT2D eigenvalue weighted by Gasteiger charge is 2.22. The molecule has 1 heterocycles. The molecule has 2 aromatic rings. The van der Waals surface area contributed by atoms with Crippen molar-refractivity contribution in [3.8, 4) is 5.69 Å². The van der Waals surface area contributed by atoms with Crippen LogP contribution < -0.4 is 0 Å². The van der Waals surface area contributed by atoms with E-state index in [1.165, 1.54) is 0 Å². The normalized spacial score (nSPS) is 12.6. The van der Waals surface area contributed by atoms with Gasteiger partial charge >= 0.3 is 5.97 Å². The summed E-state index contributed by atoms with van der Waals surface area (Å²) in [5.41, 5.74) is 0.834. The predicted octanol–water partition coefficient (Wildman–Crippen LogP) is 1.95. The molecule has 20 heavy (non-hydrogen) atoms. The van der Waals surface area contributed by atoms with Crippen molar-refractivity contribution in [1.29, 1.82) is 0 Å². The molecule has 0 spiro atoms. The number of carboxylic acids is 1. The SMILES string of the molecule is CC(C)CC(Cc1nnnn1-c1ccccc1)C(=O)O. The topological polar surface area (TPSA) is 80.9 Å². The van der Waals surface area contributed by atoms with Gasteiger partial charge in [0.05, 0.1) is 11.6 Å². The Morgan fingerprint density at radius 2 is 2.00 bits per heavy atom. The van der Waals surface area contributed by atoms with Crippen LogP contribution in [0.25, 0.3) is 5.69 Å². The number of carboxylic acid groups (broad SMARTS) is 1. The fraction of sp³-hybridized carbons (Fsp3) is 0.429. The number of aromatic nitrogens is 4. The van der Waals surface area contributed by atoms with Crippen LogP contribution in [0.1, 0.15) is 26.1 Å². The van der Waals surface area contributed by atoms with Gasteiger partial charge in [-0.1, -0.05) is 32.0 Å². The monoisotopic (exact) mass is 274 g/mol. The van der Waals surface area contributed by atoms with Gasteiger partial charge in [-0.2, -0.15) is 4.68 Å². The van der Waals surface area contributed by atoms with Gasteiger partial charge in [-0.15, -0.1) is 5.10 Å². The lowest BCUT2D eigenvalue weighted by molar-refractivity contribution is -0.142. The van der Waals surface area contributed by atoms with Crippen molar-refractivity contribution in [2.45, 2.75) is 26.7 Å². The van der Waals surface area contributed by atoms with Gasteiger partial charge in [-0.3, -0.25) is 4.79 Å². The number of para-hydroxylation sites is 1. The zero-order valence-corrected chi connectivity index (χ0v) is 11.6. The summed E-state index contributed by atoms with van der Waals surface area (Å²) in [5, 5.41) is 20.9. The van der Waals surface area contributed by atoms with Gasteiger partial charge in [-0.25, -0.2) is 0 Å². The third-order valence-electron chi connectivity index (χ3n) is 3.07. The Morgan fingerprint density at radius 1 is 1.30 bits per heavy atom. The molecule has 6 nitrogen and oxygen atoms in total. The van der Waals surface area contributed by atoms with E-state index in [-0.39, 0.29) is 0 Å². The lowest BCUT2D eigenvalue weighted by Crippen LogP contribution is -2.20. The first-order chi connectivity index (χ1) is 9.58. The van der Waals surface area contributed by atoms with Crippen LogP contribution >= 0.6 is 0 Å². The molecule has 1 N–H and O–H groups in total. The number of benzene rings is 1. The Balaban J connectivity index is 2.22. The Morgan fingerprint density at radius 3 is 2.60 bits per heavy atom. The third kappa shape index (κ3) is 3.40. The van der Waals surface area contributed by atoms with E-state index in [2.05, 4.69) is 15.5 Å². The Kier molecular flexibility index (Phi) is 4.45.